The number of thiazole rings is 1. The number of carboxylic acid groups (broad SMARTS) is 2. The van der Waals surface area contributed by atoms with Crippen LogP contribution in [0.4, 0.5) is 13.2 Å². The van der Waals surface area contributed by atoms with Crippen LogP contribution in [0.2, 0.25) is 0 Å². The first-order valence-corrected chi connectivity index (χ1v) is 24.9. The Bertz CT molecular complexity index is 1920. The summed E-state index contributed by atoms with van der Waals surface area (Å²) in [5.74, 6) is -4.56. The number of ketones is 2. The van der Waals surface area contributed by atoms with E-state index in [2.05, 4.69) is 41.6 Å². The van der Waals surface area contributed by atoms with Gasteiger partial charge >= 0.3 is 18.1 Å². The zero-order chi connectivity index (χ0) is 53.7. The summed E-state index contributed by atoms with van der Waals surface area (Å²) in [6.45, 7) is 18.8. The Hall–Kier alpha value is -4.30. The first kappa shape index (κ1) is 66.7. The first-order chi connectivity index (χ1) is 32.6. The van der Waals surface area contributed by atoms with Gasteiger partial charge in [0, 0.05) is 88.5 Å². The number of aromatic nitrogens is 1. The van der Waals surface area contributed by atoms with Gasteiger partial charge in [0.15, 0.2) is 0 Å². The minimum absolute atomic E-state index is 0. The summed E-state index contributed by atoms with van der Waals surface area (Å²) in [5, 5.41) is 24.5. The van der Waals surface area contributed by atoms with Gasteiger partial charge in [0.2, 0.25) is 11.8 Å². The lowest BCUT2D eigenvalue weighted by molar-refractivity contribution is -0.192. The summed E-state index contributed by atoms with van der Waals surface area (Å²) >= 11 is 1.57. The van der Waals surface area contributed by atoms with E-state index in [0.29, 0.717) is 32.5 Å². The lowest BCUT2D eigenvalue weighted by Crippen LogP contribution is -2.54. The standard InChI is InChI=1S/C43H68N4O6S.C6H13NO2.C2HF3O2.CH4/c1-12-29(4)39(46(9)42(51)33(28(2)3)25-37(49)43(6,7)27-44-8)36(52-10)26-38(50)47-21-16-19-34(47)40(53-11)30(5)35(48)24-32(41-45-20-22-54-41)23-31-17-14-13-15-18-31;1-6(2,4-7-3)5(8)9;3-2(4,5)1(6)7;/h13-15,17-18,20,22,28-30,32-34,36,39-40,44H,12,16,19,21,23-27H2,1-11H3;7H,4H2,1-3H3,(H,8,9);(H,6,7);1H4/t29-,30-,32+,33-,34-,36+,39-,40+;;;/m0.../s1. The number of methoxy groups -OCH3 is 2. The van der Waals surface area contributed by atoms with Crippen molar-refractivity contribution in [1.29, 1.82) is 0 Å². The van der Waals surface area contributed by atoms with Crippen LogP contribution >= 0.6 is 11.3 Å². The van der Waals surface area contributed by atoms with Gasteiger partial charge < -0.3 is 40.1 Å². The van der Waals surface area contributed by atoms with E-state index in [0.717, 1.165) is 29.8 Å². The van der Waals surface area contributed by atoms with Gasteiger partial charge in [0.25, 0.3) is 0 Å². The molecule has 0 saturated carbocycles. The summed E-state index contributed by atoms with van der Waals surface area (Å²) in [4.78, 5) is 83.4. The molecule has 1 aliphatic rings. The second kappa shape index (κ2) is 31.3. The number of carboxylic acids is 2. The normalized spacial score (nSPS) is 16.9. The fourth-order valence-corrected chi connectivity index (χ4v) is 9.50. The Kier molecular flexibility index (Phi) is 29.4. The summed E-state index contributed by atoms with van der Waals surface area (Å²) < 4.78 is 43.9. The van der Waals surface area contributed by atoms with Crippen LogP contribution in [0.15, 0.2) is 41.9 Å². The Morgan fingerprint density at radius 1 is 0.887 bits per heavy atom. The highest BCUT2D eigenvalue weighted by atomic mass is 32.1. The number of likely N-dealkylation sites (tertiary alicyclic amines) is 1. The smallest absolute Gasteiger partial charge is 0.481 e. The summed E-state index contributed by atoms with van der Waals surface area (Å²) in [5.41, 5.74) is -0.0846. The molecule has 2 aromatic rings. The SMILES string of the molecule is C.CC[C@H](C)[C@@H]([C@@H](CC(=O)N1CCC[C@H]1[C@H](OC)[C@@H](C)C(=O)C[C@@H](Cc1ccccc1)c1nccs1)OC)N(C)C(=O)[C@@H](CC(=O)C(C)(C)CNC)C(C)C.CNCC(C)(C)C(=O)O.O=C(O)C(F)(F)F. The molecule has 2 amide bonds. The molecule has 19 heteroatoms. The highest BCUT2D eigenvalue weighted by Crippen LogP contribution is 2.34. The van der Waals surface area contributed by atoms with Crippen LogP contribution < -0.4 is 10.6 Å². The van der Waals surface area contributed by atoms with Crippen LogP contribution in [0.1, 0.15) is 125 Å². The van der Waals surface area contributed by atoms with Crippen molar-refractivity contribution < 1.29 is 61.6 Å². The number of alkyl halides is 3. The van der Waals surface area contributed by atoms with Gasteiger partial charge in [-0.15, -0.1) is 11.3 Å². The van der Waals surface area contributed by atoms with Gasteiger partial charge in [-0.25, -0.2) is 9.78 Å². The Balaban J connectivity index is 0.00000246. The molecule has 0 unspecified atom stereocenters. The third-order valence-electron chi connectivity index (χ3n) is 13.3. The number of rotatable bonds is 26. The molecular formula is C52H86F3N5O10S. The Morgan fingerprint density at radius 2 is 1.45 bits per heavy atom. The monoisotopic (exact) mass is 1030 g/mol. The molecule has 2 heterocycles. The fraction of sp³-hybridized carbons (Fsp3) is 0.712. The molecule has 0 radical (unpaired) electrons. The number of carbonyl (C=O) groups excluding carboxylic acids is 4. The minimum Gasteiger partial charge on any atom is -0.481 e. The van der Waals surface area contributed by atoms with Gasteiger partial charge in [-0.05, 0) is 64.6 Å². The molecule has 0 aliphatic carbocycles. The molecule has 1 aliphatic heterocycles. The molecule has 0 spiro atoms. The van der Waals surface area contributed by atoms with Crippen LogP contribution in [0.5, 0.6) is 0 Å². The van der Waals surface area contributed by atoms with Crippen molar-refractivity contribution in [2.24, 2.45) is 34.5 Å². The lowest BCUT2D eigenvalue weighted by atomic mass is 9.79. The number of benzene rings is 1. The molecule has 1 aromatic carbocycles. The first-order valence-electron chi connectivity index (χ1n) is 24.0. The van der Waals surface area contributed by atoms with Crippen LogP contribution in [0.25, 0.3) is 0 Å². The molecule has 406 valence electrons. The molecule has 0 bridgehead atoms. The lowest BCUT2D eigenvalue weighted by Gasteiger charge is -2.41. The maximum atomic E-state index is 14.3. The van der Waals surface area contributed by atoms with E-state index >= 15 is 0 Å². The zero-order valence-corrected chi connectivity index (χ0v) is 44.7. The molecule has 1 saturated heterocycles. The van der Waals surface area contributed by atoms with Crippen molar-refractivity contribution in [1.82, 2.24) is 25.4 Å². The number of ether oxygens (including phenoxy) is 2. The molecule has 1 aromatic heterocycles. The number of Topliss-reactive ketones (excluding diaryl/α,β-unsaturated/α-hetero) is 2. The molecule has 3 rings (SSSR count). The molecule has 8 atom stereocenters. The molecular weight excluding hydrogens is 944 g/mol. The highest BCUT2D eigenvalue weighted by Gasteiger charge is 2.44. The van der Waals surface area contributed by atoms with Gasteiger partial charge in [-0.1, -0.05) is 92.6 Å². The predicted molar refractivity (Wildman–Crippen MR) is 272 cm³/mol. The Labute approximate surface area is 425 Å². The third-order valence-corrected chi connectivity index (χ3v) is 14.2. The van der Waals surface area contributed by atoms with Crippen LogP contribution in [0, 0.1) is 34.5 Å². The minimum atomic E-state index is -5.08. The maximum absolute atomic E-state index is 14.3. The number of halogens is 3. The van der Waals surface area contributed by atoms with Crippen LogP contribution in [-0.4, -0.2) is 146 Å². The topological polar surface area (TPSA) is 205 Å². The molecule has 1 fully saturated rings. The van der Waals surface area contributed by atoms with Gasteiger partial charge in [0.05, 0.1) is 41.1 Å². The van der Waals surface area contributed by atoms with E-state index in [9.17, 15) is 37.1 Å². The van der Waals surface area contributed by atoms with Gasteiger partial charge in [-0.3, -0.25) is 24.0 Å². The van der Waals surface area contributed by atoms with Crippen molar-refractivity contribution in [3.05, 3.63) is 52.5 Å². The van der Waals surface area contributed by atoms with Crippen molar-refractivity contribution in [3.63, 3.8) is 0 Å². The van der Waals surface area contributed by atoms with E-state index in [-0.39, 0.29) is 73.5 Å². The van der Waals surface area contributed by atoms with E-state index in [4.69, 9.17) is 24.5 Å². The predicted octanol–water partition coefficient (Wildman–Crippen LogP) is 8.41. The van der Waals surface area contributed by atoms with Crippen molar-refractivity contribution >= 4 is 46.7 Å². The summed E-state index contributed by atoms with van der Waals surface area (Å²) in [6, 6.07) is 9.54. The van der Waals surface area contributed by atoms with Crippen molar-refractivity contribution in [2.75, 3.05) is 55.0 Å². The zero-order valence-electron chi connectivity index (χ0n) is 43.9. The van der Waals surface area contributed by atoms with E-state index in [1.165, 1.54) is 0 Å². The third kappa shape index (κ3) is 21.0. The van der Waals surface area contributed by atoms with Crippen molar-refractivity contribution in [3.8, 4) is 0 Å². The second-order valence-electron chi connectivity index (χ2n) is 19.9. The second-order valence-corrected chi connectivity index (χ2v) is 20.9. The largest absolute Gasteiger partial charge is 0.490 e. The number of amides is 2. The fourth-order valence-electron chi connectivity index (χ4n) is 8.75. The summed E-state index contributed by atoms with van der Waals surface area (Å²) in [7, 11) is 8.59. The average molecular weight is 1030 g/mol. The van der Waals surface area contributed by atoms with Crippen LogP contribution in [0.3, 0.4) is 0 Å². The number of aliphatic carboxylic acids is 2. The summed E-state index contributed by atoms with van der Waals surface area (Å²) in [6.07, 6.45) is -0.712. The van der Waals surface area contributed by atoms with E-state index < -0.39 is 53.0 Å². The number of hydrogen-bond acceptors (Lipinski definition) is 12. The van der Waals surface area contributed by atoms with Gasteiger partial charge in [0.1, 0.15) is 11.6 Å². The average Bonchev–Trinajstić information content (AvgIpc) is 4.02. The van der Waals surface area contributed by atoms with Gasteiger partial charge in [-0.2, -0.15) is 13.2 Å². The molecule has 4 N–H and O–H groups in total. The number of carbonyl (C=O) groups is 6. The molecule has 71 heavy (non-hydrogen) atoms. The number of hydrogen-bond donors (Lipinski definition) is 4. The van der Waals surface area contributed by atoms with E-state index in [1.807, 2.05) is 70.1 Å². The van der Waals surface area contributed by atoms with Crippen LogP contribution in [-0.2, 0) is 44.7 Å². The molecule has 15 nitrogen and oxygen atoms in total. The maximum Gasteiger partial charge on any atom is 0.490 e. The quantitative estimate of drug-likeness (QED) is 0.0700. The van der Waals surface area contributed by atoms with E-state index in [1.54, 1.807) is 64.6 Å². The number of nitrogens with one attached hydrogen (secondary N) is 2. The number of likely N-dealkylation sites (N-methyl/N-ethyl adjacent to an activating group) is 1. The van der Waals surface area contributed by atoms with Crippen molar-refractivity contribution in [2.45, 2.75) is 151 Å². The Morgan fingerprint density at radius 3 is 1.89 bits per heavy atom. The number of nitrogens with zero attached hydrogens (tertiary/aromatic N) is 3. The highest BCUT2D eigenvalue weighted by molar-refractivity contribution is 7.09.